The van der Waals surface area contributed by atoms with Gasteiger partial charge in [0.2, 0.25) is 0 Å². The summed E-state index contributed by atoms with van der Waals surface area (Å²) >= 11 is 0. The summed E-state index contributed by atoms with van der Waals surface area (Å²) in [5, 5.41) is 9.99. The molecular weight excluding hydrogens is 264 g/mol. The van der Waals surface area contributed by atoms with Gasteiger partial charge in [-0.25, -0.2) is 4.39 Å². The summed E-state index contributed by atoms with van der Waals surface area (Å²) in [6.07, 6.45) is -3.40. The van der Waals surface area contributed by atoms with E-state index in [9.17, 15) is 22.7 Å². The van der Waals surface area contributed by atoms with E-state index in [1.165, 1.54) is 6.26 Å². The van der Waals surface area contributed by atoms with Gasteiger partial charge in [-0.1, -0.05) is 6.07 Å². The number of aliphatic hydroxyl groups is 1. The van der Waals surface area contributed by atoms with Gasteiger partial charge >= 0.3 is 6.18 Å². The Bertz CT molecular complexity index is 494. The third-order valence-electron chi connectivity index (χ3n) is 2.93. The smallest absolute Gasteiger partial charge is 0.419 e. The minimum atomic E-state index is -4.78. The minimum Gasteiger partial charge on any atom is -0.501 e. The Hall–Kier alpha value is -1.56. The van der Waals surface area contributed by atoms with Crippen LogP contribution in [0.3, 0.4) is 0 Å². The monoisotopic (exact) mass is 276 g/mol. The first kappa shape index (κ1) is 13.9. The van der Waals surface area contributed by atoms with Crippen LogP contribution >= 0.6 is 0 Å². The summed E-state index contributed by atoms with van der Waals surface area (Å²) < 4.78 is 55.9. The van der Waals surface area contributed by atoms with Crippen LogP contribution in [0.2, 0.25) is 0 Å². The van der Waals surface area contributed by atoms with Crippen LogP contribution in [0.15, 0.2) is 30.0 Å². The zero-order chi connectivity index (χ0) is 14.0. The van der Waals surface area contributed by atoms with E-state index in [1.54, 1.807) is 0 Å². The molecule has 0 bridgehead atoms. The average molecular weight is 276 g/mol. The third kappa shape index (κ3) is 3.07. The van der Waals surface area contributed by atoms with Crippen molar-refractivity contribution >= 4 is 0 Å². The molecule has 2 nitrogen and oxygen atoms in total. The van der Waals surface area contributed by atoms with E-state index < -0.39 is 23.7 Å². The van der Waals surface area contributed by atoms with Gasteiger partial charge in [0, 0.05) is 0 Å². The summed E-state index contributed by atoms with van der Waals surface area (Å²) in [6, 6.07) is 2.49. The van der Waals surface area contributed by atoms with E-state index in [0.29, 0.717) is 37.2 Å². The number of hydrogen-bond donors (Lipinski definition) is 1. The number of halogens is 4. The number of benzene rings is 1. The molecule has 1 aliphatic heterocycles. The van der Waals surface area contributed by atoms with Gasteiger partial charge in [0.25, 0.3) is 0 Å². The molecule has 1 atom stereocenters. The van der Waals surface area contributed by atoms with Crippen molar-refractivity contribution in [3.05, 3.63) is 47.0 Å². The van der Waals surface area contributed by atoms with Crippen molar-refractivity contribution in [3.8, 4) is 0 Å². The van der Waals surface area contributed by atoms with Crippen LogP contribution < -0.4 is 0 Å². The zero-order valence-corrected chi connectivity index (χ0v) is 9.88. The number of hydrogen-bond acceptors (Lipinski definition) is 2. The van der Waals surface area contributed by atoms with E-state index in [1.807, 2.05) is 0 Å². The highest BCUT2D eigenvalue weighted by Crippen LogP contribution is 2.35. The fourth-order valence-electron chi connectivity index (χ4n) is 1.93. The molecule has 0 saturated carbocycles. The first-order chi connectivity index (χ1) is 8.89. The Morgan fingerprint density at radius 1 is 1.26 bits per heavy atom. The molecule has 1 aliphatic rings. The Morgan fingerprint density at radius 3 is 2.58 bits per heavy atom. The fraction of sp³-hybridized carbons (Fsp3) is 0.385. The van der Waals surface area contributed by atoms with Gasteiger partial charge in [0.15, 0.2) is 0 Å². The zero-order valence-electron chi connectivity index (χ0n) is 9.88. The van der Waals surface area contributed by atoms with Crippen LogP contribution in [0.4, 0.5) is 17.6 Å². The Morgan fingerprint density at radius 2 is 2.00 bits per heavy atom. The minimum absolute atomic E-state index is 0.00507. The molecule has 0 amide bonds. The molecule has 0 fully saturated rings. The van der Waals surface area contributed by atoms with Crippen molar-refractivity contribution in [1.82, 2.24) is 0 Å². The van der Waals surface area contributed by atoms with Crippen LogP contribution in [-0.2, 0) is 10.9 Å². The normalized spacial score (nSPS) is 17.6. The Kier molecular flexibility index (Phi) is 3.80. The predicted molar refractivity (Wildman–Crippen MR) is 59.6 cm³/mol. The van der Waals surface area contributed by atoms with Crippen molar-refractivity contribution in [2.75, 3.05) is 6.61 Å². The van der Waals surface area contributed by atoms with E-state index in [-0.39, 0.29) is 5.56 Å². The van der Waals surface area contributed by atoms with Crippen LogP contribution in [0, 0.1) is 5.82 Å². The Balaban J connectivity index is 2.33. The van der Waals surface area contributed by atoms with E-state index in [4.69, 9.17) is 4.74 Å². The largest absolute Gasteiger partial charge is 0.501 e. The molecule has 0 saturated heterocycles. The van der Waals surface area contributed by atoms with Crippen molar-refractivity contribution < 1.29 is 27.4 Å². The summed E-state index contributed by atoms with van der Waals surface area (Å²) in [5.41, 5.74) is -0.877. The Labute approximate surface area is 107 Å². The van der Waals surface area contributed by atoms with E-state index in [0.717, 1.165) is 6.07 Å². The van der Waals surface area contributed by atoms with Gasteiger partial charge < -0.3 is 9.84 Å². The van der Waals surface area contributed by atoms with Gasteiger partial charge in [-0.3, -0.25) is 0 Å². The number of ether oxygens (including phenoxy) is 1. The molecule has 1 aromatic rings. The highest BCUT2D eigenvalue weighted by Gasteiger charge is 2.34. The molecule has 0 aliphatic carbocycles. The summed E-state index contributed by atoms with van der Waals surface area (Å²) in [4.78, 5) is 0. The number of rotatable bonds is 2. The second-order valence-electron chi connectivity index (χ2n) is 4.31. The molecule has 1 unspecified atom stereocenters. The molecule has 0 spiro atoms. The molecular formula is C13H12F4O2. The van der Waals surface area contributed by atoms with Crippen LogP contribution in [0.5, 0.6) is 0 Å². The standard InChI is InChI=1S/C13H12F4O2/c14-11-4-3-8(6-10(11)13(15,16)17)12(18)9-2-1-5-19-7-9/h3-4,6-7,12,18H,1-2,5H2. The second-order valence-corrected chi connectivity index (χ2v) is 4.31. The number of alkyl halides is 3. The highest BCUT2D eigenvalue weighted by molar-refractivity contribution is 5.32. The molecule has 0 radical (unpaired) electrons. The summed E-state index contributed by atoms with van der Waals surface area (Å²) in [6.45, 7) is 0.521. The maximum absolute atomic E-state index is 13.1. The lowest BCUT2D eigenvalue weighted by atomic mass is 9.96. The maximum atomic E-state index is 13.1. The third-order valence-corrected chi connectivity index (χ3v) is 2.93. The maximum Gasteiger partial charge on any atom is 0.419 e. The van der Waals surface area contributed by atoms with E-state index >= 15 is 0 Å². The lowest BCUT2D eigenvalue weighted by Crippen LogP contribution is -2.12. The second kappa shape index (κ2) is 5.21. The van der Waals surface area contributed by atoms with Crippen LogP contribution in [-0.4, -0.2) is 11.7 Å². The lowest BCUT2D eigenvalue weighted by Gasteiger charge is -2.20. The quantitative estimate of drug-likeness (QED) is 0.837. The predicted octanol–water partition coefficient (Wildman–Crippen LogP) is 3.57. The molecule has 104 valence electrons. The number of aliphatic hydroxyl groups excluding tert-OH is 1. The molecule has 6 heteroatoms. The molecule has 1 aromatic carbocycles. The van der Waals surface area contributed by atoms with E-state index in [2.05, 4.69) is 0 Å². The molecule has 0 aromatic heterocycles. The van der Waals surface area contributed by atoms with Crippen molar-refractivity contribution in [2.45, 2.75) is 25.1 Å². The fourth-order valence-corrected chi connectivity index (χ4v) is 1.93. The van der Waals surface area contributed by atoms with Crippen molar-refractivity contribution in [2.24, 2.45) is 0 Å². The average Bonchev–Trinajstić information content (AvgIpc) is 2.38. The van der Waals surface area contributed by atoms with Gasteiger partial charge in [0.1, 0.15) is 11.9 Å². The first-order valence-corrected chi connectivity index (χ1v) is 5.75. The first-order valence-electron chi connectivity index (χ1n) is 5.75. The molecule has 1 heterocycles. The molecule has 1 N–H and O–H groups in total. The lowest BCUT2D eigenvalue weighted by molar-refractivity contribution is -0.140. The summed E-state index contributed by atoms with van der Waals surface area (Å²) in [5.74, 6) is -1.35. The van der Waals surface area contributed by atoms with Crippen LogP contribution in [0.25, 0.3) is 0 Å². The topological polar surface area (TPSA) is 29.5 Å². The molecule has 2 rings (SSSR count). The van der Waals surface area contributed by atoms with Crippen molar-refractivity contribution in [1.29, 1.82) is 0 Å². The van der Waals surface area contributed by atoms with Crippen LogP contribution in [0.1, 0.15) is 30.1 Å². The summed E-state index contributed by atoms with van der Waals surface area (Å²) in [7, 11) is 0. The van der Waals surface area contributed by atoms with Gasteiger partial charge in [-0.2, -0.15) is 13.2 Å². The molecule has 19 heavy (non-hydrogen) atoms. The highest BCUT2D eigenvalue weighted by atomic mass is 19.4. The van der Waals surface area contributed by atoms with Gasteiger partial charge in [-0.05, 0) is 36.1 Å². The van der Waals surface area contributed by atoms with Gasteiger partial charge in [-0.15, -0.1) is 0 Å². The van der Waals surface area contributed by atoms with Gasteiger partial charge in [0.05, 0.1) is 18.4 Å². The SMILES string of the molecule is OC(C1=COCCC1)c1ccc(F)c(C(F)(F)F)c1. The van der Waals surface area contributed by atoms with Crippen molar-refractivity contribution in [3.63, 3.8) is 0 Å².